The van der Waals surface area contributed by atoms with Crippen LogP contribution in [0.5, 0.6) is 0 Å². The van der Waals surface area contributed by atoms with E-state index in [1.807, 2.05) is 35.7 Å². The molecule has 162 valence electrons. The number of hydrogen-bond acceptors (Lipinski definition) is 5. The summed E-state index contributed by atoms with van der Waals surface area (Å²) in [4.78, 5) is 21.5. The maximum absolute atomic E-state index is 13.1. The van der Waals surface area contributed by atoms with Gasteiger partial charge in [-0.2, -0.15) is 0 Å². The minimum Gasteiger partial charge on any atom is -0.369 e. The number of anilines is 1. The van der Waals surface area contributed by atoms with Gasteiger partial charge in [-0.3, -0.25) is 9.69 Å². The van der Waals surface area contributed by atoms with Crippen LogP contribution in [0.15, 0.2) is 60.0 Å². The van der Waals surface area contributed by atoms with Crippen molar-refractivity contribution in [3.05, 3.63) is 82.1 Å². The highest BCUT2D eigenvalue weighted by Gasteiger charge is 2.17. The Balaban J connectivity index is 1.15. The number of amides is 1. The molecule has 5 nitrogen and oxygen atoms in total. The normalized spacial score (nSPS) is 14.5. The van der Waals surface area contributed by atoms with E-state index in [2.05, 4.69) is 32.2 Å². The number of halogens is 1. The molecule has 0 saturated carbocycles. The van der Waals surface area contributed by atoms with Crippen molar-refractivity contribution in [3.8, 4) is 0 Å². The van der Waals surface area contributed by atoms with Gasteiger partial charge in [-0.05, 0) is 29.8 Å². The van der Waals surface area contributed by atoms with Crippen LogP contribution in [-0.4, -0.2) is 55.1 Å². The summed E-state index contributed by atoms with van der Waals surface area (Å²) in [5, 5.41) is 6.03. The molecule has 31 heavy (non-hydrogen) atoms. The second kappa shape index (κ2) is 10.5. The molecule has 1 aliphatic heterocycles. The summed E-state index contributed by atoms with van der Waals surface area (Å²) in [6.07, 6.45) is 1.13. The first-order chi connectivity index (χ1) is 15.2. The van der Waals surface area contributed by atoms with E-state index in [4.69, 9.17) is 0 Å². The molecule has 7 heteroatoms. The highest BCUT2D eigenvalue weighted by molar-refractivity contribution is 7.09. The number of nitrogens with zero attached hydrogens (tertiary/aromatic N) is 3. The summed E-state index contributed by atoms with van der Waals surface area (Å²) in [7, 11) is 0. The number of rotatable bonds is 8. The molecule has 1 aliphatic rings. The zero-order valence-corrected chi connectivity index (χ0v) is 18.3. The number of nitrogens with one attached hydrogen (secondary N) is 1. The lowest BCUT2D eigenvalue weighted by Gasteiger charge is -2.36. The van der Waals surface area contributed by atoms with Gasteiger partial charge < -0.3 is 10.2 Å². The fraction of sp³-hybridized carbons (Fsp3) is 0.333. The molecular formula is C24H27FN4OS. The summed E-state index contributed by atoms with van der Waals surface area (Å²) >= 11 is 1.61. The molecule has 0 spiro atoms. The van der Waals surface area contributed by atoms with Crippen molar-refractivity contribution in [1.29, 1.82) is 0 Å². The van der Waals surface area contributed by atoms with Crippen molar-refractivity contribution in [2.75, 3.05) is 44.2 Å². The topological polar surface area (TPSA) is 48.5 Å². The van der Waals surface area contributed by atoms with Crippen molar-refractivity contribution in [2.45, 2.75) is 12.8 Å². The summed E-state index contributed by atoms with van der Waals surface area (Å²) in [5.74, 6) is -0.190. The molecule has 1 saturated heterocycles. The Hall–Kier alpha value is -2.77. The average molecular weight is 439 g/mol. The number of carbonyl (C=O) groups is 1. The minimum atomic E-state index is -0.205. The largest absolute Gasteiger partial charge is 0.369 e. The average Bonchev–Trinajstić information content (AvgIpc) is 3.22. The number of thiazole rings is 1. The number of aromatic nitrogens is 1. The first kappa shape index (κ1) is 21.5. The fourth-order valence-corrected chi connectivity index (χ4v) is 4.57. The van der Waals surface area contributed by atoms with Crippen LogP contribution in [0.3, 0.4) is 0 Å². The Labute approximate surface area is 186 Å². The van der Waals surface area contributed by atoms with Crippen molar-refractivity contribution >= 4 is 22.9 Å². The van der Waals surface area contributed by atoms with E-state index in [0.29, 0.717) is 13.0 Å². The van der Waals surface area contributed by atoms with Gasteiger partial charge in [0.25, 0.3) is 0 Å². The minimum absolute atomic E-state index is 0.0153. The Morgan fingerprint density at radius 1 is 1.03 bits per heavy atom. The molecule has 1 aromatic heterocycles. The van der Waals surface area contributed by atoms with Crippen LogP contribution >= 0.6 is 11.3 Å². The molecular weight excluding hydrogens is 411 g/mol. The van der Waals surface area contributed by atoms with Gasteiger partial charge in [0.05, 0.1) is 17.1 Å². The van der Waals surface area contributed by atoms with Crippen LogP contribution in [0.4, 0.5) is 10.1 Å². The van der Waals surface area contributed by atoms with E-state index in [9.17, 15) is 9.18 Å². The first-order valence-electron chi connectivity index (χ1n) is 10.6. The van der Waals surface area contributed by atoms with Gasteiger partial charge in [0.1, 0.15) is 5.82 Å². The molecule has 1 fully saturated rings. The molecule has 0 unspecified atom stereocenters. The number of carbonyl (C=O) groups excluding carboxylic acids is 1. The molecule has 0 aliphatic carbocycles. The first-order valence-corrected chi connectivity index (χ1v) is 11.5. The fourth-order valence-electron chi connectivity index (χ4n) is 3.74. The SMILES string of the molecule is O=C(Cc1csc(Cc2ccccc2)n1)NCCN1CCN(c2ccc(F)cc2)CC1. The predicted molar refractivity (Wildman–Crippen MR) is 123 cm³/mol. The summed E-state index contributed by atoms with van der Waals surface area (Å²) in [6.45, 7) is 5.14. The molecule has 2 aromatic carbocycles. The molecule has 0 atom stereocenters. The van der Waals surface area contributed by atoms with Gasteiger partial charge in [-0.15, -0.1) is 11.3 Å². The van der Waals surface area contributed by atoms with Gasteiger partial charge in [0.2, 0.25) is 5.91 Å². The van der Waals surface area contributed by atoms with Gasteiger partial charge >= 0.3 is 0 Å². The maximum atomic E-state index is 13.1. The van der Waals surface area contributed by atoms with Crippen molar-refractivity contribution < 1.29 is 9.18 Å². The van der Waals surface area contributed by atoms with Gasteiger partial charge in [0, 0.05) is 56.8 Å². The third-order valence-electron chi connectivity index (χ3n) is 5.45. The molecule has 1 amide bonds. The second-order valence-corrected chi connectivity index (χ2v) is 8.67. The zero-order chi connectivity index (χ0) is 21.5. The van der Waals surface area contributed by atoms with E-state index < -0.39 is 0 Å². The van der Waals surface area contributed by atoms with Crippen LogP contribution in [0.2, 0.25) is 0 Å². The Kier molecular flexibility index (Phi) is 7.27. The third kappa shape index (κ3) is 6.35. The number of benzene rings is 2. The summed E-state index contributed by atoms with van der Waals surface area (Å²) in [5.41, 5.74) is 3.12. The van der Waals surface area contributed by atoms with Crippen LogP contribution in [0.25, 0.3) is 0 Å². The second-order valence-electron chi connectivity index (χ2n) is 7.73. The van der Waals surface area contributed by atoms with Gasteiger partial charge in [-0.25, -0.2) is 9.37 Å². The Bertz CT molecular complexity index is 969. The van der Waals surface area contributed by atoms with Crippen molar-refractivity contribution in [3.63, 3.8) is 0 Å². The third-order valence-corrected chi connectivity index (χ3v) is 6.35. The van der Waals surface area contributed by atoms with E-state index in [-0.39, 0.29) is 11.7 Å². The highest BCUT2D eigenvalue weighted by Crippen LogP contribution is 2.17. The van der Waals surface area contributed by atoms with E-state index >= 15 is 0 Å². The van der Waals surface area contributed by atoms with E-state index in [1.54, 1.807) is 11.3 Å². The molecule has 0 bridgehead atoms. The number of piperazine rings is 1. The van der Waals surface area contributed by atoms with Gasteiger partial charge in [-0.1, -0.05) is 30.3 Å². The number of hydrogen-bond donors (Lipinski definition) is 1. The molecule has 3 aromatic rings. The Morgan fingerprint density at radius 3 is 2.52 bits per heavy atom. The maximum Gasteiger partial charge on any atom is 0.226 e. The lowest BCUT2D eigenvalue weighted by Crippen LogP contribution is -2.48. The zero-order valence-electron chi connectivity index (χ0n) is 17.5. The lowest BCUT2D eigenvalue weighted by atomic mass is 10.2. The smallest absolute Gasteiger partial charge is 0.226 e. The highest BCUT2D eigenvalue weighted by atomic mass is 32.1. The van der Waals surface area contributed by atoms with Crippen LogP contribution in [-0.2, 0) is 17.6 Å². The predicted octanol–water partition coefficient (Wildman–Crippen LogP) is 3.35. The summed E-state index contributed by atoms with van der Waals surface area (Å²) < 4.78 is 13.1. The standard InChI is InChI=1S/C24H27FN4OS/c25-20-6-8-22(9-7-20)29-14-12-28(13-15-29)11-10-26-23(30)17-21-18-31-24(27-21)16-19-4-2-1-3-5-19/h1-9,18H,10-17H2,(H,26,30). The van der Waals surface area contributed by atoms with Crippen molar-refractivity contribution in [2.24, 2.45) is 0 Å². The Morgan fingerprint density at radius 2 is 1.77 bits per heavy atom. The molecule has 1 N–H and O–H groups in total. The lowest BCUT2D eigenvalue weighted by molar-refractivity contribution is -0.120. The van der Waals surface area contributed by atoms with Crippen LogP contribution in [0.1, 0.15) is 16.3 Å². The summed E-state index contributed by atoms with van der Waals surface area (Å²) in [6, 6.07) is 16.9. The monoisotopic (exact) mass is 438 g/mol. The van der Waals surface area contributed by atoms with Crippen LogP contribution in [0, 0.1) is 5.82 Å². The molecule has 2 heterocycles. The van der Waals surface area contributed by atoms with E-state index in [1.165, 1.54) is 17.7 Å². The van der Waals surface area contributed by atoms with Crippen molar-refractivity contribution in [1.82, 2.24) is 15.2 Å². The van der Waals surface area contributed by atoms with Crippen LogP contribution < -0.4 is 10.2 Å². The molecule has 4 rings (SSSR count). The quantitative estimate of drug-likeness (QED) is 0.586. The van der Waals surface area contributed by atoms with E-state index in [0.717, 1.165) is 55.5 Å². The molecule has 0 radical (unpaired) electrons. The van der Waals surface area contributed by atoms with Gasteiger partial charge in [0.15, 0.2) is 0 Å².